The van der Waals surface area contributed by atoms with E-state index in [4.69, 9.17) is 27.9 Å². The number of halogens is 2. The molecule has 1 atom stereocenters. The topological polar surface area (TPSA) is 58.6 Å². The lowest BCUT2D eigenvalue weighted by molar-refractivity contribution is -0.126. The van der Waals surface area contributed by atoms with Crippen LogP contribution in [0.2, 0.25) is 5.02 Å². The Morgan fingerprint density at radius 2 is 1.83 bits per heavy atom. The molecule has 0 aliphatic heterocycles. The third-order valence-electron chi connectivity index (χ3n) is 5.36. The average molecular weight is 449 g/mol. The summed E-state index contributed by atoms with van der Waals surface area (Å²) >= 11 is 12.0. The molecule has 0 spiro atoms. The van der Waals surface area contributed by atoms with Crippen LogP contribution in [0.15, 0.2) is 48.5 Å². The maximum Gasteiger partial charge on any atom is 0.248 e. The molecular formula is C23H26Cl2N2O3. The van der Waals surface area contributed by atoms with Crippen LogP contribution in [0.25, 0.3) is 0 Å². The van der Waals surface area contributed by atoms with Gasteiger partial charge in [0.1, 0.15) is 17.7 Å². The van der Waals surface area contributed by atoms with Crippen molar-refractivity contribution in [3.8, 4) is 5.75 Å². The molecule has 30 heavy (non-hydrogen) atoms. The van der Waals surface area contributed by atoms with E-state index < -0.39 is 6.04 Å². The van der Waals surface area contributed by atoms with Gasteiger partial charge < -0.3 is 10.1 Å². The van der Waals surface area contributed by atoms with Crippen LogP contribution in [-0.4, -0.2) is 30.8 Å². The Kier molecular flexibility index (Phi) is 8.00. The highest BCUT2D eigenvalue weighted by Gasteiger charge is 2.33. The largest absolute Gasteiger partial charge is 0.497 e. The summed E-state index contributed by atoms with van der Waals surface area (Å²) in [6, 6.07) is 13.3. The van der Waals surface area contributed by atoms with Crippen LogP contribution in [0, 0.1) is 0 Å². The molecule has 1 fully saturated rings. The number of alkyl halides is 1. The van der Waals surface area contributed by atoms with Crippen LogP contribution in [0.4, 0.5) is 5.69 Å². The van der Waals surface area contributed by atoms with E-state index in [1.54, 1.807) is 55.6 Å². The fourth-order valence-electron chi connectivity index (χ4n) is 3.85. The summed E-state index contributed by atoms with van der Waals surface area (Å²) < 4.78 is 5.31. The molecule has 3 rings (SSSR count). The van der Waals surface area contributed by atoms with Crippen molar-refractivity contribution in [3.63, 3.8) is 0 Å². The summed E-state index contributed by atoms with van der Waals surface area (Å²) in [6.45, 7) is 0. The summed E-state index contributed by atoms with van der Waals surface area (Å²) in [7, 11) is 1.55. The Bertz CT molecular complexity index is 867. The molecule has 1 aliphatic rings. The van der Waals surface area contributed by atoms with E-state index in [0.29, 0.717) is 22.0 Å². The number of ether oxygens (including phenoxy) is 1. The molecule has 1 saturated carbocycles. The number of nitrogens with zero attached hydrogens (tertiary/aromatic N) is 1. The molecule has 1 aliphatic carbocycles. The summed E-state index contributed by atoms with van der Waals surface area (Å²) in [4.78, 5) is 27.9. The van der Waals surface area contributed by atoms with Gasteiger partial charge in [0.15, 0.2) is 0 Å². The van der Waals surface area contributed by atoms with Gasteiger partial charge in [0.25, 0.3) is 0 Å². The third kappa shape index (κ3) is 5.46. The second-order valence-corrected chi connectivity index (χ2v) is 8.10. The normalized spacial score (nSPS) is 15.3. The first-order valence-corrected chi connectivity index (χ1v) is 11.0. The van der Waals surface area contributed by atoms with Crippen molar-refractivity contribution >= 4 is 40.7 Å². The Balaban J connectivity index is 2.02. The lowest BCUT2D eigenvalue weighted by atomic mass is 9.94. The quantitative estimate of drug-likeness (QED) is 0.598. The minimum absolute atomic E-state index is 0.110. The lowest BCUT2D eigenvalue weighted by Gasteiger charge is -2.33. The van der Waals surface area contributed by atoms with Crippen LogP contribution in [0.3, 0.4) is 0 Å². The molecule has 0 heterocycles. The molecule has 2 aromatic carbocycles. The molecule has 7 heteroatoms. The fraction of sp³-hybridized carbons (Fsp3) is 0.391. The second kappa shape index (κ2) is 10.7. The Morgan fingerprint density at radius 3 is 2.47 bits per heavy atom. The molecule has 0 aromatic heterocycles. The van der Waals surface area contributed by atoms with Crippen LogP contribution in [-0.2, 0) is 9.59 Å². The zero-order chi connectivity index (χ0) is 21.5. The number of methoxy groups -OCH3 is 1. The van der Waals surface area contributed by atoms with Gasteiger partial charge in [-0.1, -0.05) is 49.1 Å². The highest BCUT2D eigenvalue weighted by atomic mass is 35.5. The van der Waals surface area contributed by atoms with Gasteiger partial charge in [0.2, 0.25) is 11.8 Å². The molecular weight excluding hydrogens is 423 g/mol. The first-order valence-electron chi connectivity index (χ1n) is 10.1. The number of carbonyl (C=O) groups excluding carboxylic acids is 2. The summed E-state index contributed by atoms with van der Waals surface area (Å²) in [6.07, 6.45) is 5.27. The average Bonchev–Trinajstić information content (AvgIpc) is 2.78. The molecule has 2 aromatic rings. The fourth-order valence-corrected chi connectivity index (χ4v) is 4.11. The molecule has 160 valence electrons. The molecule has 2 amide bonds. The van der Waals surface area contributed by atoms with E-state index >= 15 is 0 Å². The zero-order valence-corrected chi connectivity index (χ0v) is 18.5. The third-order valence-corrected chi connectivity index (χ3v) is 5.84. The number of hydrogen-bond acceptors (Lipinski definition) is 3. The van der Waals surface area contributed by atoms with Crippen molar-refractivity contribution in [1.29, 1.82) is 0 Å². The SMILES string of the molecule is COc1cccc(N(C(=O)CCl)C(C(=O)NC2CCCCC2)c2ccc(Cl)cc2)c1. The zero-order valence-electron chi connectivity index (χ0n) is 16.9. The first kappa shape index (κ1) is 22.4. The van der Waals surface area contributed by atoms with Gasteiger partial charge in [-0.25, -0.2) is 0 Å². The van der Waals surface area contributed by atoms with Crippen molar-refractivity contribution in [2.75, 3.05) is 17.9 Å². The molecule has 1 N–H and O–H groups in total. The maximum atomic E-state index is 13.5. The number of rotatable bonds is 7. The van der Waals surface area contributed by atoms with Crippen molar-refractivity contribution in [2.24, 2.45) is 0 Å². The van der Waals surface area contributed by atoms with Gasteiger partial charge in [-0.3, -0.25) is 14.5 Å². The van der Waals surface area contributed by atoms with Crippen molar-refractivity contribution < 1.29 is 14.3 Å². The van der Waals surface area contributed by atoms with Crippen LogP contribution in [0.1, 0.15) is 43.7 Å². The standard InChI is InChI=1S/C23H26Cl2N2O3/c1-30-20-9-5-8-19(14-20)27(21(28)15-24)22(16-10-12-17(25)13-11-16)23(29)26-18-6-3-2-4-7-18/h5,8-14,18,22H,2-4,6-7,15H2,1H3,(H,26,29). The molecule has 5 nitrogen and oxygen atoms in total. The number of carbonyl (C=O) groups is 2. The number of amides is 2. The first-order chi connectivity index (χ1) is 14.5. The highest BCUT2D eigenvalue weighted by Crippen LogP contribution is 2.32. The number of anilines is 1. The van der Waals surface area contributed by atoms with E-state index in [0.717, 1.165) is 25.7 Å². The monoisotopic (exact) mass is 448 g/mol. The van der Waals surface area contributed by atoms with Crippen LogP contribution in [0.5, 0.6) is 5.75 Å². The van der Waals surface area contributed by atoms with Crippen molar-refractivity contribution in [1.82, 2.24) is 5.32 Å². The second-order valence-electron chi connectivity index (χ2n) is 7.40. The molecule has 1 unspecified atom stereocenters. The van der Waals surface area contributed by atoms with E-state index in [1.165, 1.54) is 11.3 Å². The summed E-state index contributed by atoms with van der Waals surface area (Å²) in [5.74, 6) is -0.269. The van der Waals surface area contributed by atoms with E-state index in [2.05, 4.69) is 5.32 Å². The number of benzene rings is 2. The highest BCUT2D eigenvalue weighted by molar-refractivity contribution is 6.30. The molecule has 0 saturated heterocycles. The van der Waals surface area contributed by atoms with Crippen molar-refractivity contribution in [2.45, 2.75) is 44.2 Å². The van der Waals surface area contributed by atoms with Gasteiger partial charge in [-0.2, -0.15) is 0 Å². The van der Waals surface area contributed by atoms with Crippen LogP contribution < -0.4 is 15.0 Å². The van der Waals surface area contributed by atoms with Crippen LogP contribution >= 0.6 is 23.2 Å². The molecule has 0 bridgehead atoms. The van der Waals surface area contributed by atoms with E-state index in [1.807, 2.05) is 0 Å². The maximum absolute atomic E-state index is 13.5. The predicted octanol–water partition coefficient (Wildman–Crippen LogP) is 5.11. The van der Waals surface area contributed by atoms with Gasteiger partial charge in [0.05, 0.1) is 7.11 Å². The summed E-state index contributed by atoms with van der Waals surface area (Å²) in [5, 5.41) is 3.71. The number of hydrogen-bond donors (Lipinski definition) is 1. The van der Waals surface area contributed by atoms with Gasteiger partial charge in [0, 0.05) is 22.8 Å². The Hall–Kier alpha value is -2.24. The Morgan fingerprint density at radius 1 is 1.13 bits per heavy atom. The lowest BCUT2D eigenvalue weighted by Crippen LogP contribution is -2.47. The number of nitrogens with one attached hydrogen (secondary N) is 1. The van der Waals surface area contributed by atoms with Crippen molar-refractivity contribution in [3.05, 3.63) is 59.1 Å². The minimum atomic E-state index is -0.873. The predicted molar refractivity (Wildman–Crippen MR) is 120 cm³/mol. The Labute approximate surface area is 187 Å². The minimum Gasteiger partial charge on any atom is -0.497 e. The smallest absolute Gasteiger partial charge is 0.248 e. The van der Waals surface area contributed by atoms with E-state index in [-0.39, 0.29) is 23.7 Å². The van der Waals surface area contributed by atoms with Gasteiger partial charge in [-0.15, -0.1) is 11.6 Å². The van der Waals surface area contributed by atoms with Gasteiger partial charge in [-0.05, 0) is 42.7 Å². The van der Waals surface area contributed by atoms with E-state index in [9.17, 15) is 9.59 Å². The van der Waals surface area contributed by atoms with Gasteiger partial charge >= 0.3 is 0 Å². The molecule has 0 radical (unpaired) electrons. The summed E-state index contributed by atoms with van der Waals surface area (Å²) in [5.41, 5.74) is 1.20.